The molecule has 1 aromatic heterocycles. The van der Waals surface area contributed by atoms with Gasteiger partial charge in [-0.25, -0.2) is 0 Å². The van der Waals surface area contributed by atoms with Crippen LogP contribution in [0.5, 0.6) is 5.75 Å². The minimum atomic E-state index is 0.250. The molecule has 0 fully saturated rings. The van der Waals surface area contributed by atoms with Crippen molar-refractivity contribution in [3.05, 3.63) is 94.6 Å². The maximum atomic E-state index is 9.71. The second kappa shape index (κ2) is 6.54. The summed E-state index contributed by atoms with van der Waals surface area (Å²) >= 11 is 1.54. The quantitative estimate of drug-likeness (QED) is 0.345. The van der Waals surface area contributed by atoms with Gasteiger partial charge in [0.1, 0.15) is 10.4 Å². The van der Waals surface area contributed by atoms with Gasteiger partial charge in [0.25, 0.3) is 0 Å². The van der Waals surface area contributed by atoms with Crippen LogP contribution in [0.2, 0.25) is 0 Å². The van der Waals surface area contributed by atoms with Crippen LogP contribution in [0.1, 0.15) is 21.8 Å². The minimum absolute atomic E-state index is 0.250. The molecule has 1 N–H and O–H groups in total. The molecule has 0 saturated heterocycles. The lowest BCUT2D eigenvalue weighted by molar-refractivity contribution is 0.476. The van der Waals surface area contributed by atoms with Crippen molar-refractivity contribution in [1.29, 1.82) is 0 Å². The number of fused-ring (bicyclic) bond motifs is 1. The normalized spacial score (nSPS) is 11.8. The van der Waals surface area contributed by atoms with Gasteiger partial charge in [-0.05, 0) is 41.5 Å². The fourth-order valence-electron chi connectivity index (χ4n) is 2.70. The summed E-state index contributed by atoms with van der Waals surface area (Å²) in [6.45, 7) is 2.08. The molecule has 0 saturated carbocycles. The van der Waals surface area contributed by atoms with Crippen molar-refractivity contribution in [3.63, 3.8) is 0 Å². The van der Waals surface area contributed by atoms with E-state index in [1.807, 2.05) is 18.2 Å². The third-order valence-corrected chi connectivity index (χ3v) is 5.05. The Balaban J connectivity index is 1.88. The first-order valence-corrected chi connectivity index (χ1v) is 8.90. The Hall–Kier alpha value is -2.91. The van der Waals surface area contributed by atoms with E-state index in [9.17, 15) is 5.11 Å². The van der Waals surface area contributed by atoms with Crippen molar-refractivity contribution in [1.82, 2.24) is 0 Å². The molecule has 0 atom stereocenters. The van der Waals surface area contributed by atoms with Crippen LogP contribution in [0.25, 0.3) is 21.9 Å². The fourth-order valence-corrected chi connectivity index (χ4v) is 3.71. The van der Waals surface area contributed by atoms with Crippen LogP contribution in [-0.2, 0) is 0 Å². The highest BCUT2D eigenvalue weighted by Gasteiger charge is 2.23. The summed E-state index contributed by atoms with van der Waals surface area (Å²) in [5.41, 5.74) is 5.27. The zero-order valence-corrected chi connectivity index (χ0v) is 14.6. The van der Waals surface area contributed by atoms with E-state index in [1.165, 1.54) is 5.56 Å². The summed E-state index contributed by atoms with van der Waals surface area (Å²) in [4.78, 5) is 0. The van der Waals surface area contributed by atoms with Gasteiger partial charge in [0.2, 0.25) is 0 Å². The van der Waals surface area contributed by atoms with Crippen LogP contribution in [-0.4, -0.2) is 5.11 Å². The van der Waals surface area contributed by atoms with E-state index < -0.39 is 0 Å². The van der Waals surface area contributed by atoms with Crippen molar-refractivity contribution in [2.75, 3.05) is 0 Å². The third-order valence-electron chi connectivity index (χ3n) is 4.03. The maximum Gasteiger partial charge on any atom is 0.418 e. The molecule has 122 valence electrons. The van der Waals surface area contributed by atoms with Crippen molar-refractivity contribution in [2.45, 2.75) is 6.92 Å². The Morgan fingerprint density at radius 3 is 2.48 bits per heavy atom. The summed E-state index contributed by atoms with van der Waals surface area (Å²) in [5, 5.41) is 10.5. The van der Waals surface area contributed by atoms with Crippen molar-refractivity contribution in [3.8, 4) is 5.75 Å². The van der Waals surface area contributed by atoms with Gasteiger partial charge in [-0.2, -0.15) is 4.42 Å². The summed E-state index contributed by atoms with van der Waals surface area (Å²) in [7, 11) is 0. The van der Waals surface area contributed by atoms with Crippen molar-refractivity contribution < 1.29 is 9.52 Å². The first kappa shape index (κ1) is 15.6. The van der Waals surface area contributed by atoms with Crippen LogP contribution in [0, 0.1) is 6.92 Å². The molecule has 3 aromatic carbocycles. The lowest BCUT2D eigenvalue weighted by Crippen LogP contribution is -1.85. The summed E-state index contributed by atoms with van der Waals surface area (Å²) in [6.07, 6.45) is 2.14. The zero-order valence-electron chi connectivity index (χ0n) is 13.8. The largest absolute Gasteiger partial charge is 0.508 e. The van der Waals surface area contributed by atoms with Crippen LogP contribution in [0.15, 0.2) is 77.2 Å². The molecular formula is C22H17O2S+. The van der Waals surface area contributed by atoms with E-state index in [-0.39, 0.29) is 5.75 Å². The van der Waals surface area contributed by atoms with Gasteiger partial charge in [0, 0.05) is 12.1 Å². The summed E-state index contributed by atoms with van der Waals surface area (Å²) < 4.78 is 7.01. The standard InChI is InChI=1S/C22H16O2S/c1-15-7-9-16(10-8-15)13-19(17-5-3-2-4-6-17)22-24-20-12-11-18(23)14-21(20)25-22/h2-14H,1H3/p+1/b19-13+. The predicted octanol–water partition coefficient (Wildman–Crippen LogP) is 6.38. The molecule has 1 heterocycles. The van der Waals surface area contributed by atoms with E-state index >= 15 is 0 Å². The minimum Gasteiger partial charge on any atom is -0.508 e. The van der Waals surface area contributed by atoms with Crippen LogP contribution in [0.4, 0.5) is 0 Å². The summed E-state index contributed by atoms with van der Waals surface area (Å²) in [5.74, 6) is 0.250. The molecule has 0 bridgehead atoms. The second-order valence-corrected chi connectivity index (χ2v) is 6.97. The smallest absolute Gasteiger partial charge is 0.418 e. The molecule has 0 aliphatic heterocycles. The van der Waals surface area contributed by atoms with Gasteiger partial charge in [-0.3, -0.25) is 0 Å². The number of rotatable bonds is 3. The monoisotopic (exact) mass is 345 g/mol. The Morgan fingerprint density at radius 2 is 1.72 bits per heavy atom. The lowest BCUT2D eigenvalue weighted by atomic mass is 10.0. The summed E-state index contributed by atoms with van der Waals surface area (Å²) in [6, 6.07) is 23.8. The van der Waals surface area contributed by atoms with Crippen LogP contribution < -0.4 is 0 Å². The van der Waals surface area contributed by atoms with Gasteiger partial charge >= 0.3 is 10.7 Å². The topological polar surface area (TPSA) is 31.5 Å². The molecule has 0 radical (unpaired) electrons. The first-order chi connectivity index (χ1) is 12.2. The molecule has 0 spiro atoms. The van der Waals surface area contributed by atoms with Crippen molar-refractivity contribution in [2.24, 2.45) is 0 Å². The van der Waals surface area contributed by atoms with Crippen LogP contribution >= 0.6 is 11.3 Å². The van der Waals surface area contributed by atoms with Gasteiger partial charge in [0.05, 0.1) is 5.57 Å². The number of hydrogen-bond donors (Lipinski definition) is 1. The molecule has 0 aliphatic rings. The maximum absolute atomic E-state index is 9.71. The number of hydrogen-bond acceptors (Lipinski definition) is 2. The van der Waals surface area contributed by atoms with E-state index in [1.54, 1.807) is 29.5 Å². The van der Waals surface area contributed by atoms with Gasteiger partial charge < -0.3 is 5.11 Å². The average molecular weight is 345 g/mol. The van der Waals surface area contributed by atoms with Gasteiger partial charge in [-0.15, -0.1) is 0 Å². The Kier molecular flexibility index (Phi) is 4.08. The number of phenols is 1. The molecule has 2 nitrogen and oxygen atoms in total. The molecule has 3 heteroatoms. The highest BCUT2D eigenvalue weighted by Crippen LogP contribution is 2.36. The van der Waals surface area contributed by atoms with Crippen molar-refractivity contribution >= 4 is 33.3 Å². The predicted molar refractivity (Wildman–Crippen MR) is 105 cm³/mol. The van der Waals surface area contributed by atoms with E-state index in [4.69, 9.17) is 4.42 Å². The molecular weight excluding hydrogens is 328 g/mol. The van der Waals surface area contributed by atoms with E-state index in [0.29, 0.717) is 0 Å². The second-order valence-electron chi connectivity index (χ2n) is 5.96. The highest BCUT2D eigenvalue weighted by atomic mass is 32.1. The number of aryl methyl sites for hydroxylation is 1. The average Bonchev–Trinajstić information content (AvgIpc) is 3.04. The Labute approximate surface area is 150 Å². The number of phenolic OH excluding ortho intramolecular Hbond substituents is 1. The SMILES string of the molecule is Cc1ccc(/C=C(\c2ccccc2)c2[o+]c3ccc(O)cc3s2)cc1. The Bertz CT molecular complexity index is 1040. The highest BCUT2D eigenvalue weighted by molar-refractivity contribution is 7.19. The fraction of sp³-hybridized carbons (Fsp3) is 0.0455. The zero-order chi connectivity index (χ0) is 17.2. The molecule has 0 amide bonds. The third kappa shape index (κ3) is 3.32. The number of benzene rings is 3. The molecule has 0 aliphatic carbocycles. The molecule has 25 heavy (non-hydrogen) atoms. The number of aromatic hydroxyl groups is 1. The Morgan fingerprint density at radius 1 is 0.960 bits per heavy atom. The van der Waals surface area contributed by atoms with Gasteiger partial charge in [0.15, 0.2) is 0 Å². The molecule has 4 rings (SSSR count). The van der Waals surface area contributed by atoms with E-state index in [2.05, 4.69) is 49.4 Å². The first-order valence-electron chi connectivity index (χ1n) is 8.09. The van der Waals surface area contributed by atoms with E-state index in [0.717, 1.165) is 32.1 Å². The van der Waals surface area contributed by atoms with Crippen LogP contribution in [0.3, 0.4) is 0 Å². The molecule has 0 unspecified atom stereocenters. The van der Waals surface area contributed by atoms with Gasteiger partial charge in [-0.1, -0.05) is 60.2 Å². The molecule has 4 aromatic rings. The lowest BCUT2D eigenvalue weighted by Gasteiger charge is -2.00.